The van der Waals surface area contributed by atoms with E-state index in [-0.39, 0.29) is 6.61 Å². The predicted octanol–water partition coefficient (Wildman–Crippen LogP) is 1.91. The maximum atomic E-state index is 10.7. The number of aliphatic hydroxyl groups is 3. The number of hydrogen-bond acceptors (Lipinski definition) is 8. The van der Waals surface area contributed by atoms with Crippen molar-refractivity contribution in [3.05, 3.63) is 95.8 Å². The Kier molecular flexibility index (Phi) is 7.81. The van der Waals surface area contributed by atoms with Crippen LogP contribution in [-0.4, -0.2) is 78.8 Å². The summed E-state index contributed by atoms with van der Waals surface area (Å²) < 4.78 is 17.6. The molecule has 8 nitrogen and oxygen atoms in total. The third-order valence-corrected chi connectivity index (χ3v) is 6.35. The van der Waals surface area contributed by atoms with E-state index in [1.807, 2.05) is 91.8 Å². The first-order chi connectivity index (χ1) is 16.9. The van der Waals surface area contributed by atoms with Crippen LogP contribution in [0.4, 0.5) is 5.69 Å². The van der Waals surface area contributed by atoms with E-state index in [0.717, 1.165) is 16.8 Å². The van der Waals surface area contributed by atoms with Crippen LogP contribution in [0.2, 0.25) is 0 Å². The largest absolute Gasteiger partial charge is 0.387 e. The summed E-state index contributed by atoms with van der Waals surface area (Å²) in [6.07, 6.45) is -4.51. The number of nitrogens with zero attached hydrogens (tertiary/aromatic N) is 2. The Morgan fingerprint density at radius 3 is 2.03 bits per heavy atom. The smallest absolute Gasteiger partial charge is 0.186 e. The molecule has 35 heavy (non-hydrogen) atoms. The fraction of sp³-hybridized carbons (Fsp3) is 0.370. The van der Waals surface area contributed by atoms with Crippen LogP contribution in [0.15, 0.2) is 79.0 Å². The van der Waals surface area contributed by atoms with E-state index in [9.17, 15) is 15.3 Å². The Labute approximate surface area is 205 Å². The zero-order chi connectivity index (χ0) is 25.0. The van der Waals surface area contributed by atoms with Crippen LogP contribution in [0.3, 0.4) is 0 Å². The van der Waals surface area contributed by atoms with Crippen molar-refractivity contribution in [1.29, 1.82) is 0 Å². The first-order valence-corrected chi connectivity index (χ1v) is 11.5. The van der Waals surface area contributed by atoms with E-state index in [1.165, 1.54) is 7.11 Å². The second-order valence-electron chi connectivity index (χ2n) is 8.77. The average molecular weight is 481 g/mol. The molecular formula is C27H32N2O6. The number of pyridine rings is 1. The van der Waals surface area contributed by atoms with Gasteiger partial charge in [-0.25, -0.2) is 0 Å². The number of aliphatic hydroxyl groups excluding tert-OH is 3. The van der Waals surface area contributed by atoms with Crippen molar-refractivity contribution in [3.8, 4) is 0 Å². The highest BCUT2D eigenvalue weighted by Gasteiger charge is 2.46. The van der Waals surface area contributed by atoms with Crippen LogP contribution in [0.25, 0.3) is 0 Å². The van der Waals surface area contributed by atoms with Crippen molar-refractivity contribution in [2.45, 2.75) is 36.3 Å². The zero-order valence-corrected chi connectivity index (χ0v) is 20.1. The van der Waals surface area contributed by atoms with Crippen molar-refractivity contribution in [2.75, 3.05) is 32.7 Å². The molecule has 3 aromatic rings. The summed E-state index contributed by atoms with van der Waals surface area (Å²) in [7, 11) is 5.28. The lowest BCUT2D eigenvalue weighted by molar-refractivity contribution is -0.299. The fourth-order valence-corrected chi connectivity index (χ4v) is 4.40. The lowest BCUT2D eigenvalue weighted by Gasteiger charge is -2.42. The summed E-state index contributed by atoms with van der Waals surface area (Å²) in [4.78, 5) is 6.71. The summed E-state index contributed by atoms with van der Waals surface area (Å²) in [6.45, 7) is -0.109. The molecule has 0 spiro atoms. The summed E-state index contributed by atoms with van der Waals surface area (Å²) >= 11 is 0. The van der Waals surface area contributed by atoms with Gasteiger partial charge in [0.1, 0.15) is 24.4 Å². The lowest BCUT2D eigenvalue weighted by Crippen LogP contribution is -2.59. The van der Waals surface area contributed by atoms with Crippen molar-refractivity contribution >= 4 is 5.69 Å². The predicted molar refractivity (Wildman–Crippen MR) is 131 cm³/mol. The molecule has 2 aromatic carbocycles. The Bertz CT molecular complexity index is 1040. The van der Waals surface area contributed by atoms with Crippen molar-refractivity contribution < 1.29 is 29.5 Å². The van der Waals surface area contributed by atoms with Gasteiger partial charge in [-0.1, -0.05) is 60.7 Å². The van der Waals surface area contributed by atoms with E-state index >= 15 is 0 Å². The van der Waals surface area contributed by atoms with Gasteiger partial charge in [-0.3, -0.25) is 4.98 Å². The Hall–Kier alpha value is -2.85. The molecule has 5 atom stereocenters. The third-order valence-electron chi connectivity index (χ3n) is 6.35. The number of benzene rings is 2. The monoisotopic (exact) mass is 480 g/mol. The number of ether oxygens (including phenoxy) is 3. The number of methoxy groups -OCH3 is 1. The molecule has 8 heteroatoms. The minimum Gasteiger partial charge on any atom is -0.387 e. The molecule has 1 aromatic heterocycles. The average Bonchev–Trinajstić information content (AvgIpc) is 2.90. The highest BCUT2D eigenvalue weighted by Crippen LogP contribution is 2.41. The summed E-state index contributed by atoms with van der Waals surface area (Å²) in [5.74, 6) is 0. The molecule has 1 saturated heterocycles. The number of hydrogen-bond donors (Lipinski definition) is 3. The van der Waals surface area contributed by atoms with Gasteiger partial charge in [0.25, 0.3) is 0 Å². The molecular weight excluding hydrogens is 448 g/mol. The molecule has 4 rings (SSSR count). The lowest BCUT2D eigenvalue weighted by atomic mass is 9.82. The minimum absolute atomic E-state index is 0.109. The molecule has 0 amide bonds. The Morgan fingerprint density at radius 1 is 0.886 bits per heavy atom. The molecule has 1 aliphatic heterocycles. The minimum atomic E-state index is -1.44. The molecule has 0 saturated carbocycles. The van der Waals surface area contributed by atoms with Gasteiger partial charge in [-0.15, -0.1) is 0 Å². The Balaban J connectivity index is 1.82. The topological polar surface area (TPSA) is 105 Å². The van der Waals surface area contributed by atoms with Gasteiger partial charge >= 0.3 is 0 Å². The van der Waals surface area contributed by atoms with Gasteiger partial charge < -0.3 is 34.4 Å². The number of anilines is 1. The van der Waals surface area contributed by atoms with Crippen LogP contribution in [0, 0.1) is 0 Å². The van der Waals surface area contributed by atoms with Crippen molar-refractivity contribution in [2.24, 2.45) is 0 Å². The van der Waals surface area contributed by atoms with Crippen molar-refractivity contribution in [3.63, 3.8) is 0 Å². The summed E-state index contributed by atoms with van der Waals surface area (Å²) in [5.41, 5.74) is 2.12. The van der Waals surface area contributed by atoms with Crippen LogP contribution in [0.5, 0.6) is 0 Å². The number of aromatic nitrogens is 1. The SMILES string of the molecule is CO[C@H]1O[C@H](COC(c2ccccc2)(c2ccccc2)c2cc(N(C)C)ccn2)[C@@H](O)[C@H](O)[C@H]1O. The van der Waals surface area contributed by atoms with Crippen LogP contribution in [-0.2, 0) is 19.8 Å². The fourth-order valence-electron chi connectivity index (χ4n) is 4.40. The maximum absolute atomic E-state index is 10.7. The van der Waals surface area contributed by atoms with Crippen molar-refractivity contribution in [1.82, 2.24) is 4.98 Å². The van der Waals surface area contributed by atoms with Gasteiger partial charge in [-0.05, 0) is 23.3 Å². The third kappa shape index (κ3) is 4.95. The molecule has 3 N–H and O–H groups in total. The van der Waals surface area contributed by atoms with Gasteiger partial charge in [0.05, 0.1) is 12.3 Å². The standard InChI is InChI=1S/C27H32N2O6/c1-29(2)20-14-15-28-22(16-20)27(18-10-6-4-7-11-18,19-12-8-5-9-13-19)34-17-21-23(30)24(31)25(32)26(33-3)35-21/h4-16,21,23-26,30-32H,17H2,1-3H3/t21-,23-,24+,25-,26+/m1/s1. The van der Waals surface area contributed by atoms with E-state index in [1.54, 1.807) is 6.20 Å². The van der Waals surface area contributed by atoms with Gasteiger partial charge in [0.15, 0.2) is 11.9 Å². The second-order valence-corrected chi connectivity index (χ2v) is 8.77. The normalized spacial score (nSPS) is 24.8. The van der Waals surface area contributed by atoms with Gasteiger partial charge in [-0.2, -0.15) is 0 Å². The molecule has 2 heterocycles. The first kappa shape index (κ1) is 25.2. The Morgan fingerprint density at radius 2 is 1.49 bits per heavy atom. The van der Waals surface area contributed by atoms with E-state index in [0.29, 0.717) is 5.69 Å². The number of rotatable bonds is 8. The van der Waals surface area contributed by atoms with Gasteiger partial charge in [0, 0.05) is 33.1 Å². The highest BCUT2D eigenvalue weighted by molar-refractivity contribution is 5.52. The summed E-state index contributed by atoms with van der Waals surface area (Å²) in [6, 6.07) is 23.3. The van der Waals surface area contributed by atoms with Gasteiger partial charge in [0.2, 0.25) is 0 Å². The quantitative estimate of drug-likeness (QED) is 0.449. The molecule has 0 unspecified atom stereocenters. The molecule has 0 aliphatic carbocycles. The zero-order valence-electron chi connectivity index (χ0n) is 20.1. The van der Waals surface area contributed by atoms with E-state index in [4.69, 9.17) is 19.2 Å². The molecule has 1 fully saturated rings. The molecule has 1 aliphatic rings. The molecule has 186 valence electrons. The highest BCUT2D eigenvalue weighted by atomic mass is 16.7. The molecule has 0 bridgehead atoms. The van der Waals surface area contributed by atoms with Crippen LogP contribution < -0.4 is 4.90 Å². The first-order valence-electron chi connectivity index (χ1n) is 11.5. The molecule has 0 radical (unpaired) electrons. The van der Waals surface area contributed by atoms with Crippen LogP contribution >= 0.6 is 0 Å². The van der Waals surface area contributed by atoms with Crippen LogP contribution in [0.1, 0.15) is 16.8 Å². The summed E-state index contributed by atoms with van der Waals surface area (Å²) in [5, 5.41) is 31.2. The van der Waals surface area contributed by atoms with E-state index < -0.39 is 36.3 Å². The second kappa shape index (κ2) is 10.8. The van der Waals surface area contributed by atoms with E-state index in [2.05, 4.69) is 0 Å². The maximum Gasteiger partial charge on any atom is 0.186 e.